The Bertz CT molecular complexity index is 1980. The molecule has 0 fully saturated rings. The molecule has 0 spiro atoms. The van der Waals surface area contributed by atoms with Crippen molar-refractivity contribution in [3.05, 3.63) is 161 Å². The van der Waals surface area contributed by atoms with E-state index in [4.69, 9.17) is 14.2 Å². The zero-order chi connectivity index (χ0) is 35.3. The van der Waals surface area contributed by atoms with Gasteiger partial charge in [0, 0.05) is 24.3 Å². The Hall–Kier alpha value is -7.13. The van der Waals surface area contributed by atoms with Crippen LogP contribution in [0.2, 0.25) is 0 Å². The predicted molar refractivity (Wildman–Crippen MR) is 190 cm³/mol. The van der Waals surface area contributed by atoms with Gasteiger partial charge in [-0.1, -0.05) is 60.7 Å². The van der Waals surface area contributed by atoms with Crippen LogP contribution in [0.25, 0.3) is 30.4 Å². The summed E-state index contributed by atoms with van der Waals surface area (Å²) in [5, 5.41) is 28.3. The second-order valence-corrected chi connectivity index (χ2v) is 10.7. The van der Waals surface area contributed by atoms with Crippen molar-refractivity contribution in [3.8, 4) is 34.5 Å². The Morgan fingerprint density at radius 3 is 1.04 bits per heavy atom. The molecule has 0 aliphatic rings. The lowest BCUT2D eigenvalue weighted by Gasteiger charge is -2.08. The molecular weight excluding hydrogens is 636 g/mol. The third kappa shape index (κ3) is 11.0. The second-order valence-electron chi connectivity index (χ2n) is 10.7. The molecule has 0 saturated heterocycles. The average Bonchev–Trinajstić information content (AvgIpc) is 3.10. The molecule has 0 heterocycles. The van der Waals surface area contributed by atoms with Crippen molar-refractivity contribution in [1.82, 2.24) is 0 Å². The Labute approximate surface area is 287 Å². The van der Waals surface area contributed by atoms with Crippen molar-refractivity contribution in [3.63, 3.8) is 0 Å². The lowest BCUT2D eigenvalue weighted by Crippen LogP contribution is -2.06. The van der Waals surface area contributed by atoms with E-state index in [9.17, 15) is 29.7 Å². The number of aromatic hydroxyl groups is 3. The molecule has 0 aromatic heterocycles. The van der Waals surface area contributed by atoms with Crippen molar-refractivity contribution in [2.24, 2.45) is 0 Å². The second kappa shape index (κ2) is 16.6. The molecule has 248 valence electrons. The minimum atomic E-state index is -0.674. The Kier molecular flexibility index (Phi) is 11.4. The van der Waals surface area contributed by atoms with E-state index in [0.29, 0.717) is 22.4 Å². The summed E-state index contributed by atoms with van der Waals surface area (Å²) in [5.74, 6) is -0.990. The molecule has 0 radical (unpaired) electrons. The lowest BCUT2D eigenvalue weighted by molar-refractivity contribution is -0.130. The first-order valence-electron chi connectivity index (χ1n) is 15.2. The van der Waals surface area contributed by atoms with Gasteiger partial charge in [-0.05, 0) is 107 Å². The molecule has 5 aromatic carbocycles. The predicted octanol–water partition coefficient (Wildman–Crippen LogP) is 7.83. The molecule has 3 N–H and O–H groups in total. The van der Waals surface area contributed by atoms with E-state index in [2.05, 4.69) is 0 Å². The highest BCUT2D eigenvalue weighted by molar-refractivity contribution is 5.90. The van der Waals surface area contributed by atoms with Crippen molar-refractivity contribution < 1.29 is 43.9 Å². The molecule has 0 atom stereocenters. The van der Waals surface area contributed by atoms with Gasteiger partial charge in [-0.2, -0.15) is 0 Å². The zero-order valence-electron chi connectivity index (χ0n) is 26.4. The van der Waals surface area contributed by atoms with Gasteiger partial charge in [0.25, 0.3) is 0 Å². The summed E-state index contributed by atoms with van der Waals surface area (Å²) in [6, 6.07) is 30.3. The fourth-order valence-corrected chi connectivity index (χ4v) is 4.35. The third-order valence-electron chi connectivity index (χ3n) is 6.82. The first kappa shape index (κ1) is 34.2. The summed E-state index contributed by atoms with van der Waals surface area (Å²) < 4.78 is 16.4. The van der Waals surface area contributed by atoms with Gasteiger partial charge in [-0.15, -0.1) is 0 Å². The minimum Gasteiger partial charge on any atom is -0.508 e. The number of carbonyl (C=O) groups excluding carboxylic acids is 3. The van der Waals surface area contributed by atoms with E-state index < -0.39 is 17.9 Å². The van der Waals surface area contributed by atoms with Crippen LogP contribution in [-0.2, 0) is 14.4 Å². The largest absolute Gasteiger partial charge is 0.508 e. The van der Waals surface area contributed by atoms with Gasteiger partial charge in [-0.25, -0.2) is 14.4 Å². The summed E-state index contributed by atoms with van der Waals surface area (Å²) in [4.78, 5) is 37.5. The average molecular weight is 667 g/mol. The summed E-state index contributed by atoms with van der Waals surface area (Å²) in [6.45, 7) is 0. The maximum Gasteiger partial charge on any atom is 0.336 e. The van der Waals surface area contributed by atoms with Crippen molar-refractivity contribution in [2.75, 3.05) is 0 Å². The number of phenols is 3. The van der Waals surface area contributed by atoms with Crippen LogP contribution in [0.3, 0.4) is 0 Å². The summed E-state index contributed by atoms with van der Waals surface area (Å²) >= 11 is 0. The van der Waals surface area contributed by atoms with Crippen LogP contribution in [0.1, 0.15) is 27.8 Å². The van der Waals surface area contributed by atoms with E-state index in [1.165, 1.54) is 72.8 Å². The van der Waals surface area contributed by atoms with Crippen LogP contribution in [-0.4, -0.2) is 33.2 Å². The van der Waals surface area contributed by atoms with Gasteiger partial charge in [0.15, 0.2) is 0 Å². The van der Waals surface area contributed by atoms with Gasteiger partial charge < -0.3 is 29.5 Å². The van der Waals surface area contributed by atoms with Gasteiger partial charge in [-0.3, -0.25) is 0 Å². The Balaban J connectivity index is 1.28. The van der Waals surface area contributed by atoms with Crippen LogP contribution in [0, 0.1) is 0 Å². The highest BCUT2D eigenvalue weighted by Crippen LogP contribution is 2.26. The maximum absolute atomic E-state index is 12.6. The van der Waals surface area contributed by atoms with Crippen LogP contribution >= 0.6 is 0 Å². The first-order chi connectivity index (χ1) is 24.2. The monoisotopic (exact) mass is 666 g/mol. The molecular formula is C41H30O9. The lowest BCUT2D eigenvalue weighted by atomic mass is 10.1. The number of ether oxygens (including phenoxy) is 3. The van der Waals surface area contributed by atoms with E-state index in [1.807, 2.05) is 0 Å². The number of phenolic OH excluding ortho intramolecular Hbond substituents is 3. The van der Waals surface area contributed by atoms with Crippen LogP contribution in [0.4, 0.5) is 0 Å². The molecule has 0 unspecified atom stereocenters. The highest BCUT2D eigenvalue weighted by atomic mass is 16.5. The number of esters is 3. The molecule has 9 heteroatoms. The fourth-order valence-electron chi connectivity index (χ4n) is 4.35. The smallest absolute Gasteiger partial charge is 0.336 e. The van der Waals surface area contributed by atoms with Crippen LogP contribution in [0.5, 0.6) is 34.5 Å². The number of hydrogen-bond acceptors (Lipinski definition) is 9. The van der Waals surface area contributed by atoms with E-state index in [-0.39, 0.29) is 28.7 Å². The number of hydrogen-bond donors (Lipinski definition) is 3. The molecule has 9 nitrogen and oxygen atoms in total. The summed E-state index contributed by atoms with van der Waals surface area (Å²) in [5.41, 5.74) is 3.40. The molecule has 0 aliphatic heterocycles. The summed E-state index contributed by atoms with van der Waals surface area (Å²) in [6.07, 6.45) is 11.9. The summed E-state index contributed by atoms with van der Waals surface area (Å²) in [7, 11) is 0. The van der Waals surface area contributed by atoms with Crippen molar-refractivity contribution in [2.45, 2.75) is 0 Å². The SMILES string of the molecule is O=C(/C=C/c1ccc(O)cc1)Oc1ccc(/C=C/c2cc(OC(=O)/C=C/c3ccc(O)cc3)cc(OC(=O)/C=C/c3ccc(O)cc3)c2)cc1. The molecule has 5 aromatic rings. The first-order valence-corrected chi connectivity index (χ1v) is 15.2. The molecule has 5 rings (SSSR count). The van der Waals surface area contributed by atoms with Crippen LogP contribution < -0.4 is 14.2 Å². The molecule has 0 amide bonds. The zero-order valence-corrected chi connectivity index (χ0v) is 26.4. The number of carbonyl (C=O) groups is 3. The fraction of sp³-hybridized carbons (Fsp3) is 0. The van der Waals surface area contributed by atoms with Crippen molar-refractivity contribution in [1.29, 1.82) is 0 Å². The van der Waals surface area contributed by atoms with E-state index in [0.717, 1.165) is 11.1 Å². The molecule has 0 aliphatic carbocycles. The third-order valence-corrected chi connectivity index (χ3v) is 6.82. The van der Waals surface area contributed by atoms with E-state index in [1.54, 1.807) is 91.0 Å². The van der Waals surface area contributed by atoms with Gasteiger partial charge >= 0.3 is 17.9 Å². The number of rotatable bonds is 11. The number of benzene rings is 5. The standard InChI is InChI=1S/C41H30O9/c42-33-14-3-29(4-15-33)11-22-39(45)48-36-20-9-28(10-21-36)1-2-32-25-37(49-40(46)23-12-30-5-16-34(43)17-6-30)27-38(26-32)50-41(47)24-13-31-7-18-35(44)19-8-31/h1-27,42-44H/b2-1+,22-11+,23-12+,24-13+. The minimum absolute atomic E-state index is 0.101. The maximum atomic E-state index is 12.6. The molecule has 50 heavy (non-hydrogen) atoms. The topological polar surface area (TPSA) is 140 Å². The van der Waals surface area contributed by atoms with Crippen LogP contribution in [0.15, 0.2) is 133 Å². The van der Waals surface area contributed by atoms with Gasteiger partial charge in [0.2, 0.25) is 0 Å². The Morgan fingerprint density at radius 2 is 0.660 bits per heavy atom. The van der Waals surface area contributed by atoms with Gasteiger partial charge in [0.1, 0.15) is 34.5 Å². The molecule has 0 saturated carbocycles. The van der Waals surface area contributed by atoms with Crippen molar-refractivity contribution >= 4 is 48.3 Å². The molecule has 0 bridgehead atoms. The quantitative estimate of drug-likeness (QED) is 0.0557. The Morgan fingerprint density at radius 1 is 0.360 bits per heavy atom. The van der Waals surface area contributed by atoms with Gasteiger partial charge in [0.05, 0.1) is 0 Å². The van der Waals surface area contributed by atoms with E-state index >= 15 is 0 Å². The highest BCUT2D eigenvalue weighted by Gasteiger charge is 2.09. The normalized spacial score (nSPS) is 11.4.